The Hall–Kier alpha value is -3.62. The predicted octanol–water partition coefficient (Wildman–Crippen LogP) is 3.46. The van der Waals surface area contributed by atoms with Crippen LogP contribution >= 0.6 is 0 Å². The first-order valence-electron chi connectivity index (χ1n) is 9.77. The summed E-state index contributed by atoms with van der Waals surface area (Å²) in [6.07, 6.45) is 2.44. The van der Waals surface area contributed by atoms with Crippen LogP contribution in [0.15, 0.2) is 54.9 Å². The summed E-state index contributed by atoms with van der Waals surface area (Å²) in [6, 6.07) is 10.9. The molecule has 4 rings (SSSR count). The number of ether oxygens (including phenoxy) is 1. The van der Waals surface area contributed by atoms with Crippen molar-refractivity contribution in [3.63, 3.8) is 0 Å². The van der Waals surface area contributed by atoms with Gasteiger partial charge in [0.15, 0.2) is 11.6 Å². The number of amides is 1. The summed E-state index contributed by atoms with van der Waals surface area (Å²) in [5, 5.41) is 16.1. The van der Waals surface area contributed by atoms with Gasteiger partial charge in [0.2, 0.25) is 0 Å². The minimum Gasteiger partial charge on any atom is -0.497 e. The Kier molecular flexibility index (Phi) is 5.75. The number of anilines is 1. The quantitative estimate of drug-likeness (QED) is 0.629. The van der Waals surface area contributed by atoms with Crippen molar-refractivity contribution < 1.29 is 23.4 Å². The Bertz CT molecular complexity index is 1070. The number of methoxy groups -OCH3 is 1. The van der Waals surface area contributed by atoms with Crippen LogP contribution in [0.2, 0.25) is 0 Å². The molecule has 2 aromatic carbocycles. The largest absolute Gasteiger partial charge is 0.497 e. The average Bonchev–Trinajstić information content (AvgIpc) is 3.37. The van der Waals surface area contributed by atoms with Gasteiger partial charge in [-0.25, -0.2) is 13.6 Å². The molecule has 0 spiro atoms. The van der Waals surface area contributed by atoms with E-state index in [1.54, 1.807) is 18.0 Å². The van der Waals surface area contributed by atoms with Crippen LogP contribution in [-0.4, -0.2) is 47.2 Å². The van der Waals surface area contributed by atoms with E-state index in [9.17, 15) is 18.7 Å². The lowest BCUT2D eigenvalue weighted by atomic mass is 9.94. The molecule has 1 amide bonds. The van der Waals surface area contributed by atoms with Crippen molar-refractivity contribution in [2.24, 2.45) is 0 Å². The van der Waals surface area contributed by atoms with Gasteiger partial charge < -0.3 is 20.1 Å². The van der Waals surface area contributed by atoms with Crippen molar-refractivity contribution in [1.29, 1.82) is 0 Å². The smallest absolute Gasteiger partial charge is 0.404 e. The van der Waals surface area contributed by atoms with Crippen LogP contribution < -0.4 is 15.0 Å². The maximum atomic E-state index is 13.8. The molecular weight excluding hydrogens is 406 g/mol. The summed E-state index contributed by atoms with van der Waals surface area (Å²) in [4.78, 5) is 13.3. The molecule has 31 heavy (non-hydrogen) atoms. The van der Waals surface area contributed by atoms with E-state index in [4.69, 9.17) is 4.74 Å². The van der Waals surface area contributed by atoms with Crippen LogP contribution in [0.3, 0.4) is 0 Å². The third kappa shape index (κ3) is 4.60. The molecule has 0 radical (unpaired) electrons. The molecule has 2 atom stereocenters. The second-order valence-corrected chi connectivity index (χ2v) is 7.49. The van der Waals surface area contributed by atoms with E-state index in [2.05, 4.69) is 10.4 Å². The fraction of sp³-hybridized carbons (Fsp3) is 0.273. The normalized spacial score (nSPS) is 18.2. The number of carbonyl (C=O) groups is 1. The summed E-state index contributed by atoms with van der Waals surface area (Å²) in [5.41, 5.74) is 2.43. The number of nitrogens with zero attached hydrogens (tertiary/aromatic N) is 3. The van der Waals surface area contributed by atoms with Gasteiger partial charge in [0.25, 0.3) is 0 Å². The van der Waals surface area contributed by atoms with E-state index < -0.39 is 23.8 Å². The molecule has 1 aliphatic heterocycles. The lowest BCUT2D eigenvalue weighted by molar-refractivity contribution is 0.190. The molecule has 162 valence electrons. The van der Waals surface area contributed by atoms with E-state index in [1.165, 1.54) is 6.07 Å². The summed E-state index contributed by atoms with van der Waals surface area (Å²) in [6.45, 7) is 1.41. The molecule has 2 N–H and O–H groups in total. The maximum absolute atomic E-state index is 13.8. The van der Waals surface area contributed by atoms with Gasteiger partial charge in [0, 0.05) is 25.2 Å². The highest BCUT2D eigenvalue weighted by Crippen LogP contribution is 2.32. The number of aromatic nitrogens is 2. The standard InChI is InChI=1S/C22H22F2N4O3/c1-31-17-5-2-14(3-6-17)10-28-11-16(9-25-28)27-12-18(21(13-27)26-22(29)30)15-4-7-19(23)20(24)8-15/h2-9,11,18,21,26H,10,12-13H2,1H3,(H,29,30)/t18-,21+/m0/s1. The first-order valence-corrected chi connectivity index (χ1v) is 9.77. The van der Waals surface area contributed by atoms with E-state index >= 15 is 0 Å². The van der Waals surface area contributed by atoms with Crippen LogP contribution in [0.25, 0.3) is 0 Å². The zero-order valence-electron chi connectivity index (χ0n) is 16.8. The molecule has 1 fully saturated rings. The van der Waals surface area contributed by atoms with Gasteiger partial charge in [-0.1, -0.05) is 18.2 Å². The summed E-state index contributed by atoms with van der Waals surface area (Å²) >= 11 is 0. The average molecular weight is 428 g/mol. The Morgan fingerprint density at radius 3 is 2.65 bits per heavy atom. The molecule has 1 saturated heterocycles. The van der Waals surface area contributed by atoms with Gasteiger partial charge in [-0.3, -0.25) is 4.68 Å². The van der Waals surface area contributed by atoms with Gasteiger partial charge in [-0.2, -0.15) is 5.10 Å². The van der Waals surface area contributed by atoms with Crippen molar-refractivity contribution >= 4 is 11.8 Å². The molecule has 0 bridgehead atoms. The van der Waals surface area contributed by atoms with Crippen LogP contribution in [-0.2, 0) is 6.54 Å². The number of rotatable bonds is 6. The Labute approximate surface area is 177 Å². The highest BCUT2D eigenvalue weighted by Gasteiger charge is 2.36. The molecule has 9 heteroatoms. The Morgan fingerprint density at radius 1 is 1.19 bits per heavy atom. The molecule has 1 aliphatic rings. The highest BCUT2D eigenvalue weighted by molar-refractivity contribution is 5.65. The number of hydrogen-bond acceptors (Lipinski definition) is 4. The number of hydrogen-bond donors (Lipinski definition) is 2. The van der Waals surface area contributed by atoms with Crippen molar-refractivity contribution in [3.8, 4) is 5.75 Å². The highest BCUT2D eigenvalue weighted by atomic mass is 19.2. The summed E-state index contributed by atoms with van der Waals surface area (Å²) in [7, 11) is 1.62. The predicted molar refractivity (Wildman–Crippen MR) is 111 cm³/mol. The minimum atomic E-state index is -1.16. The van der Waals surface area contributed by atoms with Crippen LogP contribution in [0.1, 0.15) is 17.0 Å². The van der Waals surface area contributed by atoms with Crippen LogP contribution in [0.5, 0.6) is 5.75 Å². The Morgan fingerprint density at radius 2 is 1.97 bits per heavy atom. The Balaban J connectivity index is 1.51. The molecule has 2 heterocycles. The number of carboxylic acid groups (broad SMARTS) is 1. The number of benzene rings is 2. The fourth-order valence-corrected chi connectivity index (χ4v) is 3.92. The molecule has 1 aromatic heterocycles. The summed E-state index contributed by atoms with van der Waals surface area (Å²) in [5.74, 6) is -1.42. The first kappa shape index (κ1) is 20.6. The van der Waals surface area contributed by atoms with Gasteiger partial charge in [-0.15, -0.1) is 0 Å². The zero-order chi connectivity index (χ0) is 22.0. The van der Waals surface area contributed by atoms with Crippen LogP contribution in [0.4, 0.5) is 19.3 Å². The number of nitrogens with one attached hydrogen (secondary N) is 1. The second-order valence-electron chi connectivity index (χ2n) is 7.49. The lowest BCUT2D eigenvalue weighted by Crippen LogP contribution is -2.39. The lowest BCUT2D eigenvalue weighted by Gasteiger charge is -2.18. The molecular formula is C22H22F2N4O3. The topological polar surface area (TPSA) is 79.6 Å². The van der Waals surface area contributed by atoms with Crippen molar-refractivity contribution in [1.82, 2.24) is 15.1 Å². The molecule has 0 saturated carbocycles. The summed E-state index contributed by atoms with van der Waals surface area (Å²) < 4.78 is 34.1. The van der Waals surface area contributed by atoms with E-state index in [-0.39, 0.29) is 5.92 Å². The molecule has 3 aromatic rings. The van der Waals surface area contributed by atoms with E-state index in [0.29, 0.717) is 25.2 Å². The van der Waals surface area contributed by atoms with Crippen LogP contribution in [0, 0.1) is 11.6 Å². The van der Waals surface area contributed by atoms with Gasteiger partial charge in [0.1, 0.15) is 5.75 Å². The number of halogens is 2. The van der Waals surface area contributed by atoms with Gasteiger partial charge in [-0.05, 0) is 35.4 Å². The first-order chi connectivity index (χ1) is 14.9. The maximum Gasteiger partial charge on any atom is 0.404 e. The molecule has 7 nitrogen and oxygen atoms in total. The molecule has 0 aliphatic carbocycles. The van der Waals surface area contributed by atoms with Crippen molar-refractivity contribution in [2.45, 2.75) is 18.5 Å². The third-order valence-corrected chi connectivity index (χ3v) is 5.49. The van der Waals surface area contributed by atoms with Crippen molar-refractivity contribution in [3.05, 3.63) is 77.6 Å². The zero-order valence-corrected chi connectivity index (χ0v) is 16.8. The van der Waals surface area contributed by atoms with E-state index in [0.717, 1.165) is 29.1 Å². The van der Waals surface area contributed by atoms with Gasteiger partial charge >= 0.3 is 6.09 Å². The van der Waals surface area contributed by atoms with E-state index in [1.807, 2.05) is 35.4 Å². The SMILES string of the molecule is COc1ccc(Cn2cc(N3C[C@@H](NC(=O)O)[C@H](c4ccc(F)c(F)c4)C3)cn2)cc1. The van der Waals surface area contributed by atoms with Crippen molar-refractivity contribution in [2.75, 3.05) is 25.1 Å². The monoisotopic (exact) mass is 428 g/mol. The second kappa shape index (κ2) is 8.63. The molecule has 0 unspecified atom stereocenters. The minimum absolute atomic E-state index is 0.323. The third-order valence-electron chi connectivity index (χ3n) is 5.49. The fourth-order valence-electron chi connectivity index (χ4n) is 3.92. The van der Waals surface area contributed by atoms with Gasteiger partial charge in [0.05, 0.1) is 31.6 Å².